The number of aryl methyl sites for hydroxylation is 1. The second-order valence-electron chi connectivity index (χ2n) is 3.54. The second-order valence-corrected chi connectivity index (χ2v) is 3.54. The summed E-state index contributed by atoms with van der Waals surface area (Å²) >= 11 is 0. The van der Waals surface area contributed by atoms with Crippen molar-refractivity contribution in [3.8, 4) is 0 Å². The van der Waals surface area contributed by atoms with Crippen molar-refractivity contribution >= 4 is 6.08 Å². The first-order valence-corrected chi connectivity index (χ1v) is 4.52. The molecular formula is C12H17N. The van der Waals surface area contributed by atoms with Gasteiger partial charge in [-0.2, -0.15) is 0 Å². The van der Waals surface area contributed by atoms with Crippen molar-refractivity contribution in [2.45, 2.75) is 13.8 Å². The van der Waals surface area contributed by atoms with Crippen LogP contribution in [-0.4, -0.2) is 19.0 Å². The Hall–Kier alpha value is -1.24. The number of benzene rings is 1. The van der Waals surface area contributed by atoms with Gasteiger partial charge in [-0.15, -0.1) is 0 Å². The molecule has 70 valence electrons. The van der Waals surface area contributed by atoms with Crippen LogP contribution in [0.3, 0.4) is 0 Å². The summed E-state index contributed by atoms with van der Waals surface area (Å²) in [5.74, 6) is 0. The lowest BCUT2D eigenvalue weighted by atomic mass is 10.1. The van der Waals surface area contributed by atoms with Crippen molar-refractivity contribution in [2.75, 3.05) is 14.1 Å². The van der Waals surface area contributed by atoms with E-state index in [0.29, 0.717) is 0 Å². The summed E-state index contributed by atoms with van der Waals surface area (Å²) in [5.41, 5.74) is 3.90. The Morgan fingerprint density at radius 1 is 1.23 bits per heavy atom. The van der Waals surface area contributed by atoms with Crippen LogP contribution in [0.4, 0.5) is 0 Å². The Morgan fingerprint density at radius 2 is 1.85 bits per heavy atom. The maximum Gasteiger partial charge on any atom is 0.0102 e. The van der Waals surface area contributed by atoms with Gasteiger partial charge in [0.05, 0.1) is 0 Å². The van der Waals surface area contributed by atoms with Crippen LogP contribution in [0.2, 0.25) is 0 Å². The normalized spacial score (nSPS) is 11.5. The fourth-order valence-corrected chi connectivity index (χ4v) is 1.10. The van der Waals surface area contributed by atoms with Gasteiger partial charge in [-0.1, -0.05) is 24.3 Å². The molecule has 0 spiro atoms. The molecule has 1 aromatic rings. The zero-order valence-corrected chi connectivity index (χ0v) is 8.83. The average Bonchev–Trinajstić information content (AvgIpc) is 2.08. The molecule has 13 heavy (non-hydrogen) atoms. The van der Waals surface area contributed by atoms with E-state index in [-0.39, 0.29) is 0 Å². The zero-order valence-electron chi connectivity index (χ0n) is 8.83. The van der Waals surface area contributed by atoms with Crippen LogP contribution >= 0.6 is 0 Å². The van der Waals surface area contributed by atoms with Gasteiger partial charge in [0.15, 0.2) is 0 Å². The predicted molar refractivity (Wildman–Crippen MR) is 58.5 cm³/mol. The van der Waals surface area contributed by atoms with Gasteiger partial charge in [0.1, 0.15) is 0 Å². The third kappa shape index (κ3) is 2.62. The highest BCUT2D eigenvalue weighted by molar-refractivity contribution is 5.55. The number of allylic oxidation sites excluding steroid dienone is 1. The Labute approximate surface area is 80.7 Å². The summed E-state index contributed by atoms with van der Waals surface area (Å²) in [4.78, 5) is 2.12. The number of hydrogen-bond donors (Lipinski definition) is 0. The van der Waals surface area contributed by atoms with Gasteiger partial charge in [-0.25, -0.2) is 0 Å². The maximum absolute atomic E-state index is 2.20. The van der Waals surface area contributed by atoms with Gasteiger partial charge in [0.2, 0.25) is 0 Å². The van der Waals surface area contributed by atoms with E-state index in [1.165, 1.54) is 16.8 Å². The summed E-state index contributed by atoms with van der Waals surface area (Å²) in [7, 11) is 4.12. The fraction of sp³-hybridized carbons (Fsp3) is 0.333. The lowest BCUT2D eigenvalue weighted by Gasteiger charge is -2.13. The van der Waals surface area contributed by atoms with E-state index in [1.807, 2.05) is 0 Å². The third-order valence-electron chi connectivity index (χ3n) is 2.26. The molecule has 1 rings (SSSR count). The summed E-state index contributed by atoms with van der Waals surface area (Å²) < 4.78 is 0. The molecule has 0 saturated carbocycles. The van der Waals surface area contributed by atoms with Crippen molar-refractivity contribution in [2.24, 2.45) is 0 Å². The minimum Gasteiger partial charge on any atom is -0.381 e. The smallest absolute Gasteiger partial charge is 0.0102 e. The SMILES string of the molecule is C/C(=C/c1ccccc1C)N(C)C. The molecular weight excluding hydrogens is 158 g/mol. The Bertz CT molecular complexity index is 311. The van der Waals surface area contributed by atoms with Gasteiger partial charge in [-0.05, 0) is 31.1 Å². The van der Waals surface area contributed by atoms with Crippen LogP contribution in [0, 0.1) is 6.92 Å². The monoisotopic (exact) mass is 175 g/mol. The molecule has 0 heterocycles. The van der Waals surface area contributed by atoms with E-state index in [9.17, 15) is 0 Å². The van der Waals surface area contributed by atoms with E-state index in [4.69, 9.17) is 0 Å². The molecule has 0 bridgehead atoms. The summed E-state index contributed by atoms with van der Waals surface area (Å²) in [6, 6.07) is 8.41. The minimum atomic E-state index is 1.27. The molecule has 0 unspecified atom stereocenters. The van der Waals surface area contributed by atoms with Crippen LogP contribution in [0.1, 0.15) is 18.1 Å². The van der Waals surface area contributed by atoms with E-state index in [1.54, 1.807) is 0 Å². The van der Waals surface area contributed by atoms with Crippen molar-refractivity contribution in [1.29, 1.82) is 0 Å². The quantitative estimate of drug-likeness (QED) is 0.668. The average molecular weight is 175 g/mol. The topological polar surface area (TPSA) is 3.24 Å². The molecule has 0 fully saturated rings. The lowest BCUT2D eigenvalue weighted by Crippen LogP contribution is -2.07. The summed E-state index contributed by atoms with van der Waals surface area (Å²) in [5, 5.41) is 0. The van der Waals surface area contributed by atoms with Crippen molar-refractivity contribution in [3.63, 3.8) is 0 Å². The van der Waals surface area contributed by atoms with Gasteiger partial charge in [-0.3, -0.25) is 0 Å². The van der Waals surface area contributed by atoms with E-state index in [0.717, 1.165) is 0 Å². The van der Waals surface area contributed by atoms with E-state index in [2.05, 4.69) is 63.2 Å². The van der Waals surface area contributed by atoms with Crippen LogP contribution in [0.15, 0.2) is 30.0 Å². The van der Waals surface area contributed by atoms with Crippen LogP contribution in [0.25, 0.3) is 6.08 Å². The van der Waals surface area contributed by atoms with Crippen LogP contribution in [-0.2, 0) is 0 Å². The Morgan fingerprint density at radius 3 is 2.38 bits per heavy atom. The first-order chi connectivity index (χ1) is 6.11. The van der Waals surface area contributed by atoms with Crippen molar-refractivity contribution in [1.82, 2.24) is 4.90 Å². The fourth-order valence-electron chi connectivity index (χ4n) is 1.10. The molecule has 1 nitrogen and oxygen atoms in total. The molecule has 0 aliphatic rings. The molecule has 0 saturated heterocycles. The maximum atomic E-state index is 2.20. The van der Waals surface area contributed by atoms with Crippen LogP contribution in [0.5, 0.6) is 0 Å². The Kier molecular flexibility index (Phi) is 3.13. The number of hydrogen-bond acceptors (Lipinski definition) is 1. The highest BCUT2D eigenvalue weighted by atomic mass is 15.1. The number of nitrogens with zero attached hydrogens (tertiary/aromatic N) is 1. The molecule has 0 aliphatic heterocycles. The summed E-state index contributed by atoms with van der Waals surface area (Å²) in [6.45, 7) is 4.25. The van der Waals surface area contributed by atoms with Gasteiger partial charge in [0.25, 0.3) is 0 Å². The first kappa shape index (κ1) is 9.85. The molecule has 1 aromatic carbocycles. The van der Waals surface area contributed by atoms with Crippen LogP contribution < -0.4 is 0 Å². The molecule has 0 aliphatic carbocycles. The second kappa shape index (κ2) is 4.13. The molecule has 0 radical (unpaired) electrons. The van der Waals surface area contributed by atoms with Crippen molar-refractivity contribution < 1.29 is 0 Å². The van der Waals surface area contributed by atoms with Gasteiger partial charge in [0, 0.05) is 19.8 Å². The number of rotatable bonds is 2. The Balaban J connectivity index is 2.97. The predicted octanol–water partition coefficient (Wildman–Crippen LogP) is 2.92. The zero-order chi connectivity index (χ0) is 9.84. The highest BCUT2D eigenvalue weighted by Crippen LogP contribution is 2.12. The minimum absolute atomic E-state index is 1.27. The van der Waals surface area contributed by atoms with Gasteiger partial charge < -0.3 is 4.90 Å². The van der Waals surface area contributed by atoms with E-state index < -0.39 is 0 Å². The lowest BCUT2D eigenvalue weighted by molar-refractivity contribution is 0.518. The first-order valence-electron chi connectivity index (χ1n) is 4.52. The molecule has 0 atom stereocenters. The van der Waals surface area contributed by atoms with Crippen molar-refractivity contribution in [3.05, 3.63) is 41.1 Å². The summed E-state index contributed by atoms with van der Waals surface area (Å²) in [6.07, 6.45) is 2.20. The molecule has 0 N–H and O–H groups in total. The third-order valence-corrected chi connectivity index (χ3v) is 2.26. The largest absolute Gasteiger partial charge is 0.381 e. The molecule has 1 heteroatoms. The van der Waals surface area contributed by atoms with E-state index >= 15 is 0 Å². The van der Waals surface area contributed by atoms with Gasteiger partial charge >= 0.3 is 0 Å². The molecule has 0 aromatic heterocycles. The molecule has 0 amide bonds. The highest BCUT2D eigenvalue weighted by Gasteiger charge is 1.95. The standard InChI is InChI=1S/C12H17N/c1-10-7-5-6-8-12(10)9-11(2)13(3)4/h5-9H,1-4H3/b11-9-.